The molecule has 1 saturated carbocycles. The normalized spacial score (nSPS) is 25.0. The van der Waals surface area contributed by atoms with Gasteiger partial charge in [0.05, 0.1) is 6.10 Å². The van der Waals surface area contributed by atoms with Gasteiger partial charge in [0, 0.05) is 12.1 Å². The molecule has 3 atom stereocenters. The van der Waals surface area contributed by atoms with Gasteiger partial charge in [0.1, 0.15) is 12.4 Å². The van der Waals surface area contributed by atoms with Crippen molar-refractivity contribution in [3.05, 3.63) is 29.8 Å². The van der Waals surface area contributed by atoms with Gasteiger partial charge in [0.2, 0.25) is 0 Å². The molecule has 0 aromatic heterocycles. The van der Waals surface area contributed by atoms with Crippen molar-refractivity contribution in [1.29, 1.82) is 0 Å². The quantitative estimate of drug-likeness (QED) is 0.858. The van der Waals surface area contributed by atoms with Crippen LogP contribution in [0.5, 0.6) is 5.75 Å². The molecule has 0 radical (unpaired) electrons. The van der Waals surface area contributed by atoms with E-state index < -0.39 is 0 Å². The lowest BCUT2D eigenvalue weighted by molar-refractivity contribution is 0.0816. The highest BCUT2D eigenvalue weighted by atomic mass is 16.5. The average Bonchev–Trinajstić information content (AvgIpc) is 2.41. The third kappa shape index (κ3) is 4.51. The van der Waals surface area contributed by atoms with E-state index in [4.69, 9.17) is 4.74 Å². The second kappa shape index (κ2) is 6.92. The van der Waals surface area contributed by atoms with Crippen LogP contribution in [0, 0.1) is 6.92 Å². The fourth-order valence-electron chi connectivity index (χ4n) is 2.57. The van der Waals surface area contributed by atoms with Crippen LogP contribution >= 0.6 is 0 Å². The molecule has 0 bridgehead atoms. The lowest BCUT2D eigenvalue weighted by Gasteiger charge is -2.31. The van der Waals surface area contributed by atoms with Crippen LogP contribution in [0.15, 0.2) is 24.3 Å². The van der Waals surface area contributed by atoms with Crippen LogP contribution in [0.2, 0.25) is 0 Å². The Kier molecular flexibility index (Phi) is 5.23. The number of ether oxygens (including phenoxy) is 1. The molecule has 3 heteroatoms. The first kappa shape index (κ1) is 14.4. The molecule has 1 aliphatic carbocycles. The Labute approximate surface area is 116 Å². The molecule has 1 aromatic rings. The Morgan fingerprint density at radius 2 is 1.95 bits per heavy atom. The van der Waals surface area contributed by atoms with Gasteiger partial charge in [-0.2, -0.15) is 0 Å². The summed E-state index contributed by atoms with van der Waals surface area (Å²) >= 11 is 0. The van der Waals surface area contributed by atoms with Crippen molar-refractivity contribution in [3.8, 4) is 5.75 Å². The molecule has 3 nitrogen and oxygen atoms in total. The highest BCUT2D eigenvalue weighted by Crippen LogP contribution is 2.19. The van der Waals surface area contributed by atoms with Gasteiger partial charge in [-0.15, -0.1) is 0 Å². The Morgan fingerprint density at radius 3 is 2.63 bits per heavy atom. The van der Waals surface area contributed by atoms with Crippen LogP contribution in [-0.2, 0) is 0 Å². The molecule has 2 rings (SSSR count). The summed E-state index contributed by atoms with van der Waals surface area (Å²) in [6, 6.07) is 8.58. The third-order valence-electron chi connectivity index (χ3n) is 3.75. The van der Waals surface area contributed by atoms with Crippen molar-refractivity contribution in [1.82, 2.24) is 5.32 Å². The fraction of sp³-hybridized carbons (Fsp3) is 0.625. The summed E-state index contributed by atoms with van der Waals surface area (Å²) in [5.41, 5.74) is 1.24. The molecule has 2 N–H and O–H groups in total. The van der Waals surface area contributed by atoms with E-state index in [1.807, 2.05) is 12.1 Å². The zero-order chi connectivity index (χ0) is 13.7. The maximum Gasteiger partial charge on any atom is 0.119 e. The van der Waals surface area contributed by atoms with Crippen molar-refractivity contribution < 1.29 is 9.84 Å². The molecule has 1 aliphatic rings. The molecular weight excluding hydrogens is 238 g/mol. The van der Waals surface area contributed by atoms with Crippen LogP contribution in [0.4, 0.5) is 0 Å². The average molecular weight is 263 g/mol. The maximum absolute atomic E-state index is 9.93. The summed E-state index contributed by atoms with van der Waals surface area (Å²) in [4.78, 5) is 0. The molecular formula is C16H25NO2. The Bertz CT molecular complexity index is 377. The van der Waals surface area contributed by atoms with Gasteiger partial charge < -0.3 is 15.2 Å². The van der Waals surface area contributed by atoms with Crippen molar-refractivity contribution >= 4 is 0 Å². The van der Waals surface area contributed by atoms with Crippen LogP contribution < -0.4 is 10.1 Å². The van der Waals surface area contributed by atoms with E-state index in [0.29, 0.717) is 6.61 Å². The predicted octanol–water partition coefficient (Wildman–Crippen LogP) is 2.66. The molecule has 0 amide bonds. The van der Waals surface area contributed by atoms with Gasteiger partial charge in [-0.3, -0.25) is 0 Å². The van der Waals surface area contributed by atoms with Crippen LogP contribution in [0.25, 0.3) is 0 Å². The van der Waals surface area contributed by atoms with Crippen molar-refractivity contribution in [2.75, 3.05) is 6.61 Å². The van der Waals surface area contributed by atoms with Gasteiger partial charge in [-0.1, -0.05) is 30.5 Å². The topological polar surface area (TPSA) is 41.5 Å². The summed E-state index contributed by atoms with van der Waals surface area (Å²) in [5, 5.41) is 13.4. The molecule has 106 valence electrons. The molecule has 0 aliphatic heterocycles. The SMILES string of the molecule is Cc1ccc(OCC(C)N[C@@H]2CCCC[C@H]2O)cc1. The summed E-state index contributed by atoms with van der Waals surface area (Å²) in [6.07, 6.45) is 4.14. The van der Waals surface area contributed by atoms with E-state index in [9.17, 15) is 5.11 Å². The van der Waals surface area contributed by atoms with Crippen LogP contribution in [0.3, 0.4) is 0 Å². The summed E-state index contributed by atoms with van der Waals surface area (Å²) in [6.45, 7) is 4.81. The van der Waals surface area contributed by atoms with E-state index in [1.54, 1.807) is 0 Å². The predicted molar refractivity (Wildman–Crippen MR) is 77.5 cm³/mol. The fourth-order valence-corrected chi connectivity index (χ4v) is 2.57. The first-order valence-electron chi connectivity index (χ1n) is 7.29. The largest absolute Gasteiger partial charge is 0.492 e. The highest BCUT2D eigenvalue weighted by Gasteiger charge is 2.24. The van der Waals surface area contributed by atoms with Crippen LogP contribution in [-0.4, -0.2) is 29.9 Å². The minimum atomic E-state index is -0.199. The van der Waals surface area contributed by atoms with E-state index in [-0.39, 0.29) is 18.2 Å². The number of hydrogen-bond acceptors (Lipinski definition) is 3. The molecule has 0 saturated heterocycles. The number of rotatable bonds is 5. The lowest BCUT2D eigenvalue weighted by Crippen LogP contribution is -2.47. The minimum absolute atomic E-state index is 0.199. The molecule has 0 spiro atoms. The summed E-state index contributed by atoms with van der Waals surface area (Å²) < 4.78 is 5.76. The van der Waals surface area contributed by atoms with Crippen molar-refractivity contribution in [2.45, 2.75) is 57.7 Å². The molecule has 19 heavy (non-hydrogen) atoms. The number of aliphatic hydroxyl groups excluding tert-OH is 1. The Hall–Kier alpha value is -1.06. The summed E-state index contributed by atoms with van der Waals surface area (Å²) in [5.74, 6) is 0.906. The molecule has 1 unspecified atom stereocenters. The van der Waals surface area contributed by atoms with E-state index in [2.05, 4.69) is 31.3 Å². The van der Waals surface area contributed by atoms with Gasteiger partial charge in [-0.05, 0) is 38.8 Å². The zero-order valence-corrected chi connectivity index (χ0v) is 11.9. The van der Waals surface area contributed by atoms with Gasteiger partial charge in [0.25, 0.3) is 0 Å². The van der Waals surface area contributed by atoms with Gasteiger partial charge in [0.15, 0.2) is 0 Å². The number of nitrogens with one attached hydrogen (secondary N) is 1. The second-order valence-corrected chi connectivity index (χ2v) is 5.65. The summed E-state index contributed by atoms with van der Waals surface area (Å²) in [7, 11) is 0. The number of aryl methyl sites for hydroxylation is 1. The Balaban J connectivity index is 1.74. The number of aliphatic hydroxyl groups is 1. The van der Waals surface area contributed by atoms with Crippen molar-refractivity contribution in [3.63, 3.8) is 0 Å². The van der Waals surface area contributed by atoms with Gasteiger partial charge >= 0.3 is 0 Å². The van der Waals surface area contributed by atoms with E-state index in [0.717, 1.165) is 25.0 Å². The smallest absolute Gasteiger partial charge is 0.119 e. The minimum Gasteiger partial charge on any atom is -0.492 e. The van der Waals surface area contributed by atoms with E-state index >= 15 is 0 Å². The first-order chi connectivity index (χ1) is 9.15. The highest BCUT2D eigenvalue weighted by molar-refractivity contribution is 5.26. The monoisotopic (exact) mass is 263 g/mol. The zero-order valence-electron chi connectivity index (χ0n) is 11.9. The molecule has 0 heterocycles. The molecule has 1 aromatic carbocycles. The lowest BCUT2D eigenvalue weighted by atomic mass is 9.92. The maximum atomic E-state index is 9.93. The van der Waals surface area contributed by atoms with Crippen LogP contribution in [0.1, 0.15) is 38.2 Å². The number of benzene rings is 1. The van der Waals surface area contributed by atoms with Gasteiger partial charge in [-0.25, -0.2) is 0 Å². The van der Waals surface area contributed by atoms with Crippen molar-refractivity contribution in [2.24, 2.45) is 0 Å². The van der Waals surface area contributed by atoms with E-state index in [1.165, 1.54) is 12.0 Å². The molecule has 1 fully saturated rings. The second-order valence-electron chi connectivity index (χ2n) is 5.65. The number of hydrogen-bond donors (Lipinski definition) is 2. The standard InChI is InChI=1S/C16H25NO2/c1-12-7-9-14(10-8-12)19-11-13(2)17-15-5-3-4-6-16(15)18/h7-10,13,15-18H,3-6,11H2,1-2H3/t13?,15-,16-/m1/s1. The first-order valence-corrected chi connectivity index (χ1v) is 7.29. The Morgan fingerprint density at radius 1 is 1.26 bits per heavy atom. The third-order valence-corrected chi connectivity index (χ3v) is 3.75.